The zero-order valence-corrected chi connectivity index (χ0v) is 64.6. The Morgan fingerprint density at radius 3 is 0.209 bits per heavy atom. The van der Waals surface area contributed by atoms with Crippen molar-refractivity contribution in [2.24, 2.45) is 0 Å². The van der Waals surface area contributed by atoms with Gasteiger partial charge in [0.15, 0.2) is 0 Å². The summed E-state index contributed by atoms with van der Waals surface area (Å²) in [5, 5.41) is 75.6. The molecule has 0 aliphatic carbocycles. The molecule has 0 saturated carbocycles. The first-order valence-corrected chi connectivity index (χ1v) is 41.2. The van der Waals surface area contributed by atoms with Crippen molar-refractivity contribution in [2.75, 3.05) is 59.5 Å². The molecule has 564 valence electrons. The summed E-state index contributed by atoms with van der Waals surface area (Å²) in [5.41, 5.74) is 0. The molecule has 0 heterocycles. The second kappa shape index (κ2) is 133. The number of aliphatic hydroxyl groups excluding tert-OH is 9. The summed E-state index contributed by atoms with van der Waals surface area (Å²) in [6.45, 7) is 22.8. The van der Waals surface area contributed by atoms with E-state index in [4.69, 9.17) is 46.0 Å². The van der Waals surface area contributed by atoms with Crippen LogP contribution in [0.4, 0.5) is 0 Å². The van der Waals surface area contributed by atoms with Gasteiger partial charge in [0.1, 0.15) is 0 Å². The summed E-state index contributed by atoms with van der Waals surface area (Å²) in [6, 6.07) is 0. The minimum absolute atomic E-state index is 0.250. The SMILES string of the molecule is CCCCCCCCCCO.CCCCCCCCCCO.CCCCCCCCCCO.CCCCCCCCCCO.CCCCCCCCCCO.CCCCCCCCCCO.CCCCCCCCCCO.CCCCCCCCCCO.CCO. The van der Waals surface area contributed by atoms with Gasteiger partial charge in [-0.25, -0.2) is 0 Å². The summed E-state index contributed by atoms with van der Waals surface area (Å²) in [5.74, 6) is 0. The lowest BCUT2D eigenvalue weighted by molar-refractivity contribution is 0.282. The smallest absolute Gasteiger partial charge is 0.0431 e. The average Bonchev–Trinajstić information content (AvgIpc) is 3.56. The van der Waals surface area contributed by atoms with Crippen LogP contribution in [-0.4, -0.2) is 105 Å². The minimum Gasteiger partial charge on any atom is -0.397 e. The lowest BCUT2D eigenvalue weighted by Crippen LogP contribution is -1.83. The van der Waals surface area contributed by atoms with E-state index in [9.17, 15) is 0 Å². The summed E-state index contributed by atoms with van der Waals surface area (Å²) >= 11 is 0. The molecule has 9 N–H and O–H groups in total. The van der Waals surface area contributed by atoms with E-state index in [1.807, 2.05) is 0 Å². The molecule has 0 aromatic heterocycles. The van der Waals surface area contributed by atoms with Gasteiger partial charge in [-0.2, -0.15) is 0 Å². The normalized spacial score (nSPS) is 10.2. The molecule has 0 amide bonds. The maximum absolute atomic E-state index is 8.51. The standard InChI is InChI=1S/8C10H22O.C2H6O/c8*1-2-3-4-5-6-7-8-9-10-11;1-2-3/h8*11H,2-10H2,1H3;3H,2H2,1H3. The van der Waals surface area contributed by atoms with Crippen LogP contribution in [0.5, 0.6) is 0 Å². The Morgan fingerprint density at radius 1 is 0.0989 bits per heavy atom. The molecule has 91 heavy (non-hydrogen) atoms. The molecule has 0 aromatic carbocycles. The summed E-state index contributed by atoms with van der Waals surface area (Å²) in [6.07, 6.45) is 83.0. The van der Waals surface area contributed by atoms with Crippen molar-refractivity contribution in [3.8, 4) is 0 Å². The molecule has 0 unspecified atom stereocenters. The van der Waals surface area contributed by atoms with Crippen LogP contribution in [0.25, 0.3) is 0 Å². The van der Waals surface area contributed by atoms with E-state index in [-0.39, 0.29) is 6.61 Å². The number of aliphatic hydroxyl groups is 9. The molecule has 0 atom stereocenters. The van der Waals surface area contributed by atoms with Crippen molar-refractivity contribution in [1.82, 2.24) is 0 Å². The van der Waals surface area contributed by atoms with Gasteiger partial charge in [0.25, 0.3) is 0 Å². The van der Waals surface area contributed by atoms with Crippen molar-refractivity contribution in [3.05, 3.63) is 0 Å². The molecule has 0 aliphatic heterocycles. The highest BCUT2D eigenvalue weighted by Gasteiger charge is 1.96. The molecule has 0 rings (SSSR count). The fraction of sp³-hybridized carbons (Fsp3) is 1.00. The van der Waals surface area contributed by atoms with E-state index in [1.54, 1.807) is 6.92 Å². The molecular formula is C82H182O9. The molecule has 0 spiro atoms. The van der Waals surface area contributed by atoms with Crippen molar-refractivity contribution in [2.45, 2.75) is 473 Å². The topological polar surface area (TPSA) is 182 Å². The van der Waals surface area contributed by atoms with E-state index in [1.165, 1.54) is 360 Å². The summed E-state index contributed by atoms with van der Waals surface area (Å²) in [4.78, 5) is 0. The third-order valence-corrected chi connectivity index (χ3v) is 16.1. The van der Waals surface area contributed by atoms with Gasteiger partial charge in [-0.3, -0.25) is 0 Å². The van der Waals surface area contributed by atoms with E-state index in [2.05, 4.69) is 55.4 Å². The maximum atomic E-state index is 8.51. The first-order valence-electron chi connectivity index (χ1n) is 41.2. The van der Waals surface area contributed by atoms with Gasteiger partial charge in [-0.1, -0.05) is 415 Å². The van der Waals surface area contributed by atoms with Crippen LogP contribution in [0.2, 0.25) is 0 Å². The van der Waals surface area contributed by atoms with Gasteiger partial charge >= 0.3 is 0 Å². The second-order valence-corrected chi connectivity index (χ2v) is 25.9. The Morgan fingerprint density at radius 2 is 0.154 bits per heavy atom. The molecular weight excluding hydrogens is 1130 g/mol. The number of hydrogen-bond donors (Lipinski definition) is 9. The van der Waals surface area contributed by atoms with E-state index in [0.717, 1.165) is 51.4 Å². The highest BCUT2D eigenvalue weighted by Crippen LogP contribution is 2.14. The van der Waals surface area contributed by atoms with Crippen molar-refractivity contribution < 1.29 is 46.0 Å². The fourth-order valence-electron chi connectivity index (χ4n) is 9.97. The van der Waals surface area contributed by atoms with E-state index in [0.29, 0.717) is 52.9 Å². The third-order valence-electron chi connectivity index (χ3n) is 16.1. The lowest BCUT2D eigenvalue weighted by Gasteiger charge is -1.98. The van der Waals surface area contributed by atoms with Crippen LogP contribution >= 0.6 is 0 Å². The van der Waals surface area contributed by atoms with Gasteiger partial charge in [0.05, 0.1) is 0 Å². The van der Waals surface area contributed by atoms with Gasteiger partial charge in [0, 0.05) is 59.5 Å². The summed E-state index contributed by atoms with van der Waals surface area (Å²) in [7, 11) is 0. The van der Waals surface area contributed by atoms with Gasteiger partial charge in [-0.15, -0.1) is 0 Å². The Hall–Kier alpha value is -0.360. The van der Waals surface area contributed by atoms with Crippen LogP contribution in [0, 0.1) is 0 Å². The molecule has 0 saturated heterocycles. The zero-order valence-electron chi connectivity index (χ0n) is 64.6. The molecule has 0 fully saturated rings. The quantitative estimate of drug-likeness (QED) is 0.0268. The monoisotopic (exact) mass is 1310 g/mol. The van der Waals surface area contributed by atoms with Crippen LogP contribution in [0.15, 0.2) is 0 Å². The Bertz CT molecular complexity index is 666. The number of hydrogen-bond acceptors (Lipinski definition) is 9. The molecule has 0 aromatic rings. The third kappa shape index (κ3) is 170. The Labute approximate surface area is 575 Å². The van der Waals surface area contributed by atoms with Crippen molar-refractivity contribution >= 4 is 0 Å². The highest BCUT2D eigenvalue weighted by molar-refractivity contribution is 4.51. The highest BCUT2D eigenvalue weighted by atomic mass is 16.3. The maximum Gasteiger partial charge on any atom is 0.0431 e. The van der Waals surface area contributed by atoms with E-state index >= 15 is 0 Å². The Balaban J connectivity index is -0.000000120. The first kappa shape index (κ1) is 109. The van der Waals surface area contributed by atoms with Crippen molar-refractivity contribution in [1.29, 1.82) is 0 Å². The van der Waals surface area contributed by atoms with Gasteiger partial charge in [0.2, 0.25) is 0 Å². The molecule has 0 aliphatic rings. The van der Waals surface area contributed by atoms with Crippen LogP contribution in [-0.2, 0) is 0 Å². The van der Waals surface area contributed by atoms with Crippen LogP contribution in [0.3, 0.4) is 0 Å². The fourth-order valence-corrected chi connectivity index (χ4v) is 9.97. The predicted octanol–water partition coefficient (Wildman–Crippen LogP) is 25.0. The second-order valence-electron chi connectivity index (χ2n) is 25.9. The zero-order chi connectivity index (χ0) is 69.6. The van der Waals surface area contributed by atoms with Gasteiger partial charge < -0.3 is 46.0 Å². The summed E-state index contributed by atoms with van der Waals surface area (Å²) < 4.78 is 0. The molecule has 9 nitrogen and oxygen atoms in total. The average molecular weight is 1310 g/mol. The van der Waals surface area contributed by atoms with Crippen LogP contribution in [0.1, 0.15) is 473 Å². The number of rotatable bonds is 64. The van der Waals surface area contributed by atoms with Crippen molar-refractivity contribution in [3.63, 3.8) is 0 Å². The largest absolute Gasteiger partial charge is 0.397 e. The predicted molar refractivity (Wildman–Crippen MR) is 410 cm³/mol. The van der Waals surface area contributed by atoms with Gasteiger partial charge in [-0.05, 0) is 58.3 Å². The Kier molecular flexibility index (Phi) is 160. The minimum atomic E-state index is 0.250. The molecule has 0 radical (unpaired) electrons. The van der Waals surface area contributed by atoms with E-state index < -0.39 is 0 Å². The van der Waals surface area contributed by atoms with Crippen LogP contribution < -0.4 is 0 Å². The number of unbranched alkanes of at least 4 members (excludes halogenated alkanes) is 56. The molecule has 0 bridgehead atoms. The first-order chi connectivity index (χ1) is 44.7. The lowest BCUT2D eigenvalue weighted by atomic mass is 10.1. The molecule has 9 heteroatoms.